The first kappa shape index (κ1) is 14.8. The molecule has 2 atom stereocenters. The Morgan fingerprint density at radius 1 is 0.786 bits per heavy atom. The lowest BCUT2D eigenvalue weighted by molar-refractivity contribution is 0.0858. The monoisotopic (exact) mass is 362 g/mol. The highest BCUT2D eigenvalue weighted by molar-refractivity contribution is 6.00. The van der Waals surface area contributed by atoms with Gasteiger partial charge in [0, 0.05) is 11.1 Å². The Labute approximate surface area is 162 Å². The molecule has 0 spiro atoms. The molecule has 3 heteroatoms. The molecule has 2 unspecified atom stereocenters. The van der Waals surface area contributed by atoms with Gasteiger partial charge in [-0.2, -0.15) is 0 Å². The largest absolute Gasteiger partial charge is 0.356 e. The summed E-state index contributed by atoms with van der Waals surface area (Å²) in [4.78, 5) is 5.07. The van der Waals surface area contributed by atoms with Crippen LogP contribution in [0.25, 0.3) is 27.5 Å². The van der Waals surface area contributed by atoms with Crippen molar-refractivity contribution >= 4 is 27.5 Å². The molecule has 0 amide bonds. The van der Waals surface area contributed by atoms with Crippen molar-refractivity contribution in [3.63, 3.8) is 0 Å². The summed E-state index contributed by atoms with van der Waals surface area (Å²) in [6.07, 6.45) is 0.0954. The number of aromatic nitrogens is 2. The first-order valence-electron chi connectivity index (χ1n) is 9.80. The second-order valence-corrected chi connectivity index (χ2v) is 8.02. The molecule has 2 aliphatic rings. The Hall–Kier alpha value is -3.17. The molecule has 0 N–H and O–H groups in total. The summed E-state index contributed by atoms with van der Waals surface area (Å²) in [5.74, 6) is 0. The fraction of sp³-hybridized carbons (Fsp3) is 0.160. The van der Waals surface area contributed by atoms with Crippen molar-refractivity contribution in [3.05, 3.63) is 94.2 Å². The summed E-state index contributed by atoms with van der Waals surface area (Å²) >= 11 is 0. The fourth-order valence-corrected chi connectivity index (χ4v) is 5.25. The van der Waals surface area contributed by atoms with Gasteiger partial charge in [0.15, 0.2) is 0 Å². The molecule has 0 fully saturated rings. The van der Waals surface area contributed by atoms with E-state index in [1.54, 1.807) is 0 Å². The number of rotatable bonds is 0. The van der Waals surface area contributed by atoms with Crippen LogP contribution >= 0.6 is 0 Å². The molecule has 0 aliphatic carbocycles. The Bertz CT molecular complexity index is 1480. The van der Waals surface area contributed by atoms with E-state index >= 15 is 0 Å². The van der Waals surface area contributed by atoms with E-state index in [1.807, 2.05) is 0 Å². The van der Waals surface area contributed by atoms with Crippen LogP contribution in [0.5, 0.6) is 0 Å². The average Bonchev–Trinajstić information content (AvgIpc) is 3.40. The zero-order valence-electron chi connectivity index (χ0n) is 15.7. The molecule has 4 heterocycles. The molecule has 0 saturated heterocycles. The number of hydrogen-bond donors (Lipinski definition) is 0. The fourth-order valence-electron chi connectivity index (χ4n) is 5.25. The topological polar surface area (TPSA) is 26.5 Å². The predicted octanol–water partition coefficient (Wildman–Crippen LogP) is 5.78. The molecule has 0 saturated carbocycles. The van der Waals surface area contributed by atoms with Gasteiger partial charge in [0.1, 0.15) is 17.9 Å². The van der Waals surface area contributed by atoms with E-state index in [0.29, 0.717) is 0 Å². The van der Waals surface area contributed by atoms with E-state index in [0.717, 1.165) is 11.2 Å². The van der Waals surface area contributed by atoms with Crippen molar-refractivity contribution in [1.29, 1.82) is 0 Å². The van der Waals surface area contributed by atoms with Crippen LogP contribution in [-0.2, 0) is 4.74 Å². The number of imidazole rings is 1. The van der Waals surface area contributed by atoms with Crippen LogP contribution in [0, 0.1) is 13.8 Å². The number of benzene rings is 3. The molecule has 3 aromatic carbocycles. The van der Waals surface area contributed by atoms with E-state index < -0.39 is 0 Å². The number of aryl methyl sites for hydroxylation is 2. The minimum atomic E-state index is 0.0463. The second-order valence-electron chi connectivity index (χ2n) is 8.02. The third kappa shape index (κ3) is 1.59. The zero-order chi connectivity index (χ0) is 18.6. The van der Waals surface area contributed by atoms with Crippen LogP contribution in [0.1, 0.15) is 45.7 Å². The van der Waals surface area contributed by atoms with Crippen LogP contribution in [0.4, 0.5) is 0 Å². The second kappa shape index (κ2) is 4.81. The Morgan fingerprint density at radius 2 is 1.43 bits per heavy atom. The molecule has 2 bridgehead atoms. The molecule has 0 radical (unpaired) electrons. The van der Waals surface area contributed by atoms with Crippen LogP contribution in [0.3, 0.4) is 0 Å². The lowest BCUT2D eigenvalue weighted by Crippen LogP contribution is -2.03. The maximum Gasteiger partial charge on any atom is 0.146 e. The molecule has 5 aromatic rings. The van der Waals surface area contributed by atoms with Crippen LogP contribution < -0.4 is 0 Å². The highest BCUT2D eigenvalue weighted by atomic mass is 16.5. The van der Waals surface area contributed by atoms with Gasteiger partial charge in [-0.3, -0.25) is 4.40 Å². The maximum absolute atomic E-state index is 6.35. The molecule has 134 valence electrons. The standard InChI is InChI=1S/C25H18N2O/c1-13-14(2)27-22-12-20-19(23-16-8-4-5-9-17(16)24(20)28-23)11-21(22)26-25(27)18-10-6-3-7-15(13)18/h3-12,23-24H,1-2H3. The quantitative estimate of drug-likeness (QED) is 0.349. The van der Waals surface area contributed by atoms with Crippen LogP contribution in [-0.4, -0.2) is 9.38 Å². The summed E-state index contributed by atoms with van der Waals surface area (Å²) in [5.41, 5.74) is 11.0. The van der Waals surface area contributed by atoms with Crippen LogP contribution in [0.2, 0.25) is 0 Å². The molecule has 28 heavy (non-hydrogen) atoms. The molecule has 2 aromatic heterocycles. The number of fused-ring (bicyclic) bond motifs is 13. The first-order valence-corrected chi connectivity index (χ1v) is 9.80. The van der Waals surface area contributed by atoms with Gasteiger partial charge in [0.2, 0.25) is 0 Å². The zero-order valence-corrected chi connectivity index (χ0v) is 15.7. The van der Waals surface area contributed by atoms with E-state index in [9.17, 15) is 0 Å². The summed E-state index contributed by atoms with van der Waals surface area (Å²) < 4.78 is 8.68. The van der Waals surface area contributed by atoms with E-state index in [4.69, 9.17) is 9.72 Å². The number of ether oxygens (including phenoxy) is 1. The molecule has 2 aliphatic heterocycles. The Kier molecular flexibility index (Phi) is 2.55. The highest BCUT2D eigenvalue weighted by Gasteiger charge is 2.42. The maximum atomic E-state index is 6.35. The van der Waals surface area contributed by atoms with Crippen molar-refractivity contribution in [2.45, 2.75) is 26.1 Å². The molecular weight excluding hydrogens is 344 g/mol. The Morgan fingerprint density at radius 3 is 2.18 bits per heavy atom. The van der Waals surface area contributed by atoms with Gasteiger partial charge >= 0.3 is 0 Å². The van der Waals surface area contributed by atoms with Gasteiger partial charge < -0.3 is 4.74 Å². The molecular formula is C25H18N2O. The normalized spacial score (nSPS) is 19.6. The summed E-state index contributed by atoms with van der Waals surface area (Å²) in [5, 5.41) is 2.50. The van der Waals surface area contributed by atoms with Gasteiger partial charge in [-0.15, -0.1) is 0 Å². The lowest BCUT2D eigenvalue weighted by Gasteiger charge is -2.16. The van der Waals surface area contributed by atoms with E-state index in [1.165, 1.54) is 49.8 Å². The summed E-state index contributed by atoms with van der Waals surface area (Å²) in [6, 6.07) is 21.7. The SMILES string of the molecule is Cc1c(C)n2c3cc4c(cc3nc2c2ccccc12)C1OC4c2ccccc21. The predicted molar refractivity (Wildman–Crippen MR) is 111 cm³/mol. The first-order chi connectivity index (χ1) is 13.7. The third-order valence-electron chi connectivity index (χ3n) is 6.71. The van der Waals surface area contributed by atoms with Crippen molar-refractivity contribution in [3.8, 4) is 0 Å². The summed E-state index contributed by atoms with van der Waals surface area (Å²) in [7, 11) is 0. The third-order valence-corrected chi connectivity index (χ3v) is 6.71. The number of nitrogens with zero attached hydrogens (tertiary/aromatic N) is 2. The molecule has 7 rings (SSSR count). The Balaban J connectivity index is 1.61. The lowest BCUT2D eigenvalue weighted by atomic mass is 9.86. The highest BCUT2D eigenvalue weighted by Crippen LogP contribution is 2.54. The van der Waals surface area contributed by atoms with Crippen molar-refractivity contribution in [2.75, 3.05) is 0 Å². The van der Waals surface area contributed by atoms with E-state index in [-0.39, 0.29) is 12.2 Å². The van der Waals surface area contributed by atoms with Crippen LogP contribution in [0.15, 0.2) is 60.7 Å². The van der Waals surface area contributed by atoms with Gasteiger partial charge in [0.05, 0.1) is 11.0 Å². The van der Waals surface area contributed by atoms with Gasteiger partial charge in [-0.1, -0.05) is 48.5 Å². The molecule has 3 nitrogen and oxygen atoms in total. The smallest absolute Gasteiger partial charge is 0.146 e. The van der Waals surface area contributed by atoms with Crippen molar-refractivity contribution in [2.24, 2.45) is 0 Å². The minimum absolute atomic E-state index is 0.0463. The summed E-state index contributed by atoms with van der Waals surface area (Å²) in [6.45, 7) is 4.40. The van der Waals surface area contributed by atoms with Crippen molar-refractivity contribution < 1.29 is 4.74 Å². The van der Waals surface area contributed by atoms with E-state index in [2.05, 4.69) is 78.9 Å². The number of hydrogen-bond acceptors (Lipinski definition) is 2. The average molecular weight is 362 g/mol. The van der Waals surface area contributed by atoms with Gasteiger partial charge in [0.25, 0.3) is 0 Å². The van der Waals surface area contributed by atoms with Crippen molar-refractivity contribution in [1.82, 2.24) is 9.38 Å². The van der Waals surface area contributed by atoms with Gasteiger partial charge in [-0.05, 0) is 59.2 Å². The number of pyridine rings is 1. The van der Waals surface area contributed by atoms with Gasteiger partial charge in [-0.25, -0.2) is 4.98 Å². The minimum Gasteiger partial charge on any atom is -0.356 e.